The Kier molecular flexibility index (Phi) is 5.72. The van der Waals surface area contributed by atoms with Crippen LogP contribution in [0.2, 0.25) is 0 Å². The summed E-state index contributed by atoms with van der Waals surface area (Å²) in [7, 11) is 0. The lowest BCUT2D eigenvalue weighted by Gasteiger charge is -2.18. The van der Waals surface area contributed by atoms with E-state index in [2.05, 4.69) is 20.7 Å². The third kappa shape index (κ3) is 4.80. The van der Waals surface area contributed by atoms with Crippen LogP contribution in [0.15, 0.2) is 18.2 Å². The number of urea groups is 1. The zero-order valence-corrected chi connectivity index (χ0v) is 12.7. The van der Waals surface area contributed by atoms with Crippen LogP contribution in [0.5, 0.6) is 5.75 Å². The van der Waals surface area contributed by atoms with E-state index in [9.17, 15) is 18.4 Å². The van der Waals surface area contributed by atoms with Gasteiger partial charge in [0.1, 0.15) is 11.8 Å². The Morgan fingerprint density at radius 2 is 2.17 bits per heavy atom. The highest BCUT2D eigenvalue weighted by Gasteiger charge is 2.23. The van der Waals surface area contributed by atoms with Gasteiger partial charge in [0.15, 0.2) is 0 Å². The Hall–Kier alpha value is -2.38. The van der Waals surface area contributed by atoms with Gasteiger partial charge in [-0.15, -0.1) is 0 Å². The van der Waals surface area contributed by atoms with Crippen molar-refractivity contribution in [1.82, 2.24) is 10.6 Å². The monoisotopic (exact) mass is 327 g/mol. The van der Waals surface area contributed by atoms with E-state index in [4.69, 9.17) is 0 Å². The molecule has 1 saturated heterocycles. The van der Waals surface area contributed by atoms with Crippen LogP contribution in [-0.4, -0.2) is 31.1 Å². The third-order valence-electron chi connectivity index (χ3n) is 3.53. The van der Waals surface area contributed by atoms with Gasteiger partial charge in [-0.2, -0.15) is 8.78 Å². The van der Waals surface area contributed by atoms with Crippen molar-refractivity contribution in [3.05, 3.63) is 23.8 Å². The molecule has 23 heavy (non-hydrogen) atoms. The first kappa shape index (κ1) is 17.0. The first-order chi connectivity index (χ1) is 11.0. The average molecular weight is 327 g/mol. The van der Waals surface area contributed by atoms with Crippen molar-refractivity contribution in [3.8, 4) is 5.75 Å². The molecular formula is C15H19F2N3O3. The minimum Gasteiger partial charge on any atom is -0.433 e. The number of amides is 3. The molecule has 1 aliphatic heterocycles. The maximum atomic E-state index is 12.4. The number of benzene rings is 1. The topological polar surface area (TPSA) is 79.5 Å². The first-order valence-electron chi connectivity index (χ1n) is 7.37. The van der Waals surface area contributed by atoms with E-state index < -0.39 is 18.7 Å². The second kappa shape index (κ2) is 7.75. The molecule has 0 bridgehead atoms. The summed E-state index contributed by atoms with van der Waals surface area (Å²) in [5, 5.41) is 7.75. The van der Waals surface area contributed by atoms with Crippen LogP contribution < -0.4 is 20.7 Å². The molecule has 1 fully saturated rings. The number of anilines is 1. The zero-order valence-electron chi connectivity index (χ0n) is 12.7. The fourth-order valence-corrected chi connectivity index (χ4v) is 2.38. The first-order valence-corrected chi connectivity index (χ1v) is 7.37. The number of nitrogens with one attached hydrogen (secondary N) is 3. The van der Waals surface area contributed by atoms with Crippen LogP contribution in [0.1, 0.15) is 24.8 Å². The van der Waals surface area contributed by atoms with Crippen LogP contribution in [0.4, 0.5) is 19.3 Å². The molecule has 1 unspecified atom stereocenters. The van der Waals surface area contributed by atoms with E-state index in [0.717, 1.165) is 12.8 Å². The van der Waals surface area contributed by atoms with Gasteiger partial charge in [-0.1, -0.05) is 12.1 Å². The lowest BCUT2D eigenvalue weighted by molar-refractivity contribution is -0.122. The Labute approximate surface area is 132 Å². The van der Waals surface area contributed by atoms with E-state index in [0.29, 0.717) is 18.5 Å². The summed E-state index contributed by atoms with van der Waals surface area (Å²) < 4.78 is 29.3. The second-order valence-electron chi connectivity index (χ2n) is 5.26. The Morgan fingerprint density at radius 3 is 2.91 bits per heavy atom. The summed E-state index contributed by atoms with van der Waals surface area (Å²) in [6.07, 6.45) is 2.21. The molecule has 1 heterocycles. The van der Waals surface area contributed by atoms with Gasteiger partial charge in [0.05, 0.1) is 5.69 Å². The summed E-state index contributed by atoms with van der Waals surface area (Å²) >= 11 is 0. The summed E-state index contributed by atoms with van der Waals surface area (Å²) in [6, 6.07) is 3.27. The van der Waals surface area contributed by atoms with Gasteiger partial charge in [0.25, 0.3) is 0 Å². The number of hydrogen-bond acceptors (Lipinski definition) is 3. The smallest absolute Gasteiger partial charge is 0.387 e. The quantitative estimate of drug-likeness (QED) is 0.794. The van der Waals surface area contributed by atoms with E-state index in [-0.39, 0.29) is 17.3 Å². The number of carbonyl (C=O) groups excluding carboxylic acids is 2. The number of halogens is 2. The number of alkyl halides is 2. The highest BCUT2D eigenvalue weighted by molar-refractivity contribution is 5.95. The van der Waals surface area contributed by atoms with Gasteiger partial charge in [-0.3, -0.25) is 4.79 Å². The maximum absolute atomic E-state index is 12.4. The molecule has 1 atom stereocenters. The fraction of sp³-hybridized carbons (Fsp3) is 0.467. The van der Waals surface area contributed by atoms with Crippen molar-refractivity contribution in [3.63, 3.8) is 0 Å². The van der Waals surface area contributed by atoms with Gasteiger partial charge in [0.2, 0.25) is 5.91 Å². The van der Waals surface area contributed by atoms with Gasteiger partial charge in [-0.25, -0.2) is 4.79 Å². The van der Waals surface area contributed by atoms with E-state index >= 15 is 0 Å². The maximum Gasteiger partial charge on any atom is 0.387 e. The van der Waals surface area contributed by atoms with Crippen molar-refractivity contribution in [2.45, 2.75) is 38.8 Å². The molecule has 2 rings (SSSR count). The lowest BCUT2D eigenvalue weighted by Crippen LogP contribution is -2.47. The van der Waals surface area contributed by atoms with E-state index in [1.165, 1.54) is 6.07 Å². The van der Waals surface area contributed by atoms with Crippen molar-refractivity contribution < 1.29 is 23.1 Å². The SMILES string of the molecule is Cc1cccc(OC(F)F)c1NC(=O)NC1CCCCNC1=O. The van der Waals surface area contributed by atoms with Crippen molar-refractivity contribution >= 4 is 17.6 Å². The highest BCUT2D eigenvalue weighted by Crippen LogP contribution is 2.29. The average Bonchev–Trinajstić information content (AvgIpc) is 2.67. The largest absolute Gasteiger partial charge is 0.433 e. The molecule has 8 heteroatoms. The molecule has 0 spiro atoms. The van der Waals surface area contributed by atoms with Crippen molar-refractivity contribution in [2.75, 3.05) is 11.9 Å². The van der Waals surface area contributed by atoms with E-state index in [1.807, 2.05) is 0 Å². The van der Waals surface area contributed by atoms with Crippen molar-refractivity contribution in [1.29, 1.82) is 0 Å². The number of aryl methyl sites for hydroxylation is 1. The number of ether oxygens (including phenoxy) is 1. The third-order valence-corrected chi connectivity index (χ3v) is 3.53. The fourth-order valence-electron chi connectivity index (χ4n) is 2.38. The summed E-state index contributed by atoms with van der Waals surface area (Å²) in [5.74, 6) is -0.369. The van der Waals surface area contributed by atoms with Gasteiger partial charge < -0.3 is 20.7 Å². The zero-order chi connectivity index (χ0) is 16.8. The molecule has 3 N–H and O–H groups in total. The summed E-state index contributed by atoms with van der Waals surface area (Å²) in [4.78, 5) is 23.9. The number of rotatable bonds is 4. The van der Waals surface area contributed by atoms with E-state index in [1.54, 1.807) is 19.1 Å². The van der Waals surface area contributed by atoms with Gasteiger partial charge >= 0.3 is 12.6 Å². The molecular weight excluding hydrogens is 308 g/mol. The van der Waals surface area contributed by atoms with Crippen LogP contribution in [0, 0.1) is 6.92 Å². The Balaban J connectivity index is 2.06. The van der Waals surface area contributed by atoms with Crippen LogP contribution in [-0.2, 0) is 4.79 Å². The van der Waals surface area contributed by atoms with Crippen LogP contribution >= 0.6 is 0 Å². The molecule has 3 amide bonds. The number of para-hydroxylation sites is 1. The summed E-state index contributed by atoms with van der Waals surface area (Å²) in [6.45, 7) is -0.747. The Bertz CT molecular complexity index is 581. The lowest BCUT2D eigenvalue weighted by atomic mass is 10.1. The second-order valence-corrected chi connectivity index (χ2v) is 5.26. The molecule has 1 aromatic carbocycles. The molecule has 1 aromatic rings. The summed E-state index contributed by atoms with van der Waals surface area (Å²) in [5.41, 5.74) is 0.725. The molecule has 6 nitrogen and oxygen atoms in total. The Morgan fingerprint density at radius 1 is 1.39 bits per heavy atom. The predicted octanol–water partition coefficient (Wildman–Crippen LogP) is 2.39. The minimum atomic E-state index is -2.99. The minimum absolute atomic E-state index is 0.125. The number of carbonyl (C=O) groups is 2. The molecule has 0 aromatic heterocycles. The van der Waals surface area contributed by atoms with Crippen LogP contribution in [0.25, 0.3) is 0 Å². The standard InChI is InChI=1S/C15H19F2N3O3/c1-9-5-4-7-11(23-14(16)17)12(9)20-15(22)19-10-6-2-3-8-18-13(10)21/h4-5,7,10,14H,2-3,6,8H2,1H3,(H,18,21)(H2,19,20,22). The van der Waals surface area contributed by atoms with Gasteiger partial charge in [-0.05, 0) is 37.8 Å². The predicted molar refractivity (Wildman–Crippen MR) is 80.6 cm³/mol. The van der Waals surface area contributed by atoms with Crippen LogP contribution in [0.3, 0.4) is 0 Å². The van der Waals surface area contributed by atoms with Gasteiger partial charge in [0, 0.05) is 6.54 Å². The number of hydrogen-bond donors (Lipinski definition) is 3. The molecule has 0 saturated carbocycles. The normalized spacial score (nSPS) is 18.1. The molecule has 1 aliphatic rings. The molecule has 0 aliphatic carbocycles. The highest BCUT2D eigenvalue weighted by atomic mass is 19.3. The molecule has 126 valence electrons. The molecule has 0 radical (unpaired) electrons. The van der Waals surface area contributed by atoms with Crippen molar-refractivity contribution in [2.24, 2.45) is 0 Å².